The van der Waals surface area contributed by atoms with Gasteiger partial charge in [0.2, 0.25) is 21.8 Å². The van der Waals surface area contributed by atoms with E-state index in [1.807, 2.05) is 32.9 Å². The van der Waals surface area contributed by atoms with E-state index in [0.717, 1.165) is 22.5 Å². The molecule has 2 rings (SSSR count). The number of carbonyl (C=O) groups is 2. The summed E-state index contributed by atoms with van der Waals surface area (Å²) in [5.74, 6) is -0.955. The van der Waals surface area contributed by atoms with Crippen LogP contribution in [0.4, 0.5) is 10.1 Å². The van der Waals surface area contributed by atoms with Gasteiger partial charge in [0.15, 0.2) is 0 Å². The van der Waals surface area contributed by atoms with Crippen LogP contribution in [0.15, 0.2) is 48.5 Å². The van der Waals surface area contributed by atoms with E-state index in [1.54, 1.807) is 17.0 Å². The van der Waals surface area contributed by atoms with Gasteiger partial charge in [0, 0.05) is 30.6 Å². The Hall–Kier alpha value is -2.65. The first-order chi connectivity index (χ1) is 17.0. The number of halogens is 2. The van der Waals surface area contributed by atoms with Crippen molar-refractivity contribution >= 4 is 39.1 Å². The second kappa shape index (κ2) is 13.6. The summed E-state index contributed by atoms with van der Waals surface area (Å²) in [6, 6.07) is 11.5. The summed E-state index contributed by atoms with van der Waals surface area (Å²) < 4.78 is 39.1. The van der Waals surface area contributed by atoms with E-state index < -0.39 is 21.9 Å². The van der Waals surface area contributed by atoms with Crippen LogP contribution in [0.1, 0.15) is 52.0 Å². The Bertz CT molecular complexity index is 1110. The second-order valence-electron chi connectivity index (χ2n) is 8.81. The van der Waals surface area contributed by atoms with Crippen LogP contribution in [-0.2, 0) is 26.2 Å². The van der Waals surface area contributed by atoms with Gasteiger partial charge in [0.1, 0.15) is 11.9 Å². The zero-order valence-corrected chi connectivity index (χ0v) is 22.8. The molecule has 10 heteroatoms. The van der Waals surface area contributed by atoms with Crippen molar-refractivity contribution in [1.82, 2.24) is 10.2 Å². The molecule has 1 N–H and O–H groups in total. The van der Waals surface area contributed by atoms with Gasteiger partial charge in [-0.2, -0.15) is 0 Å². The van der Waals surface area contributed by atoms with E-state index in [2.05, 4.69) is 5.32 Å². The Labute approximate surface area is 218 Å². The first-order valence-electron chi connectivity index (χ1n) is 12.0. The molecule has 0 aromatic heterocycles. The van der Waals surface area contributed by atoms with Crippen LogP contribution in [-0.4, -0.2) is 50.0 Å². The maximum atomic E-state index is 13.4. The first-order valence-corrected chi connectivity index (χ1v) is 14.3. The molecule has 0 aliphatic heterocycles. The molecule has 0 aliphatic carbocycles. The van der Waals surface area contributed by atoms with Crippen molar-refractivity contribution in [3.8, 4) is 0 Å². The smallest absolute Gasteiger partial charge is 0.243 e. The van der Waals surface area contributed by atoms with Gasteiger partial charge in [0.05, 0.1) is 11.9 Å². The summed E-state index contributed by atoms with van der Waals surface area (Å²) in [6.07, 6.45) is 2.51. The van der Waals surface area contributed by atoms with E-state index in [1.165, 1.54) is 24.3 Å². The quantitative estimate of drug-likeness (QED) is 0.398. The lowest BCUT2D eigenvalue weighted by molar-refractivity contribution is -0.141. The summed E-state index contributed by atoms with van der Waals surface area (Å²) in [5, 5.41) is 3.53. The molecule has 0 heterocycles. The van der Waals surface area contributed by atoms with E-state index in [4.69, 9.17) is 11.6 Å². The van der Waals surface area contributed by atoms with E-state index in [9.17, 15) is 22.4 Å². The molecule has 0 radical (unpaired) electrons. The van der Waals surface area contributed by atoms with Gasteiger partial charge in [-0.25, -0.2) is 12.8 Å². The fraction of sp³-hybridized carbons (Fsp3) is 0.462. The lowest BCUT2D eigenvalue weighted by Gasteiger charge is -2.32. The van der Waals surface area contributed by atoms with Gasteiger partial charge >= 0.3 is 0 Å². The molecule has 0 saturated carbocycles. The molecule has 2 atom stereocenters. The molecule has 2 aromatic rings. The molecule has 0 aliphatic rings. The van der Waals surface area contributed by atoms with Crippen LogP contribution < -0.4 is 9.62 Å². The number of amides is 2. The number of nitrogens with one attached hydrogen (secondary N) is 1. The maximum Gasteiger partial charge on any atom is 0.243 e. The number of carbonyl (C=O) groups excluding carboxylic acids is 2. The van der Waals surface area contributed by atoms with Gasteiger partial charge in [-0.1, -0.05) is 37.6 Å². The van der Waals surface area contributed by atoms with Crippen LogP contribution in [0, 0.1) is 5.82 Å². The minimum atomic E-state index is -3.64. The van der Waals surface area contributed by atoms with Crippen molar-refractivity contribution in [2.45, 2.75) is 65.1 Å². The number of benzene rings is 2. The zero-order chi connectivity index (χ0) is 26.9. The van der Waals surface area contributed by atoms with Crippen LogP contribution in [0.5, 0.6) is 0 Å². The molecule has 7 nitrogen and oxygen atoms in total. The van der Waals surface area contributed by atoms with Gasteiger partial charge < -0.3 is 10.2 Å². The first kappa shape index (κ1) is 29.6. The SMILES string of the molecule is CC[C@H](C(=O)N[C@@H](C)CC)N(Cc1ccc(Cl)cc1)C(=O)CCCN(c1ccc(F)cc1)S(C)(=O)=O. The van der Waals surface area contributed by atoms with Gasteiger partial charge in [-0.3, -0.25) is 13.9 Å². The summed E-state index contributed by atoms with van der Waals surface area (Å²) in [7, 11) is -3.64. The summed E-state index contributed by atoms with van der Waals surface area (Å²) in [4.78, 5) is 28.0. The second-order valence-corrected chi connectivity index (χ2v) is 11.1. The molecular weight excluding hydrogens is 505 g/mol. The average Bonchev–Trinajstić information content (AvgIpc) is 2.82. The highest BCUT2D eigenvalue weighted by molar-refractivity contribution is 7.92. The number of nitrogens with zero attached hydrogens (tertiary/aromatic N) is 2. The van der Waals surface area contributed by atoms with Crippen molar-refractivity contribution in [3.63, 3.8) is 0 Å². The molecule has 0 saturated heterocycles. The van der Waals surface area contributed by atoms with E-state index >= 15 is 0 Å². The van der Waals surface area contributed by atoms with Crippen molar-refractivity contribution in [2.24, 2.45) is 0 Å². The van der Waals surface area contributed by atoms with Crippen molar-refractivity contribution in [3.05, 3.63) is 64.9 Å². The molecule has 198 valence electrons. The minimum absolute atomic E-state index is 0.0296. The lowest BCUT2D eigenvalue weighted by Crippen LogP contribution is -2.50. The van der Waals surface area contributed by atoms with Crippen LogP contribution in [0.3, 0.4) is 0 Å². The topological polar surface area (TPSA) is 86.8 Å². The normalized spacial score (nSPS) is 13.1. The molecule has 36 heavy (non-hydrogen) atoms. The van der Waals surface area contributed by atoms with Crippen molar-refractivity contribution in [1.29, 1.82) is 0 Å². The highest BCUT2D eigenvalue weighted by Gasteiger charge is 2.29. The third-order valence-corrected chi connectivity index (χ3v) is 7.37. The molecule has 0 spiro atoms. The Kier molecular flexibility index (Phi) is 11.2. The van der Waals surface area contributed by atoms with Crippen LogP contribution in [0.25, 0.3) is 0 Å². The highest BCUT2D eigenvalue weighted by atomic mass is 35.5. The molecule has 2 amide bonds. The Balaban J connectivity index is 2.21. The monoisotopic (exact) mass is 539 g/mol. The summed E-state index contributed by atoms with van der Waals surface area (Å²) >= 11 is 6.00. The molecule has 0 fully saturated rings. The summed E-state index contributed by atoms with van der Waals surface area (Å²) in [5.41, 5.74) is 1.15. The highest BCUT2D eigenvalue weighted by Crippen LogP contribution is 2.20. The number of hydrogen-bond acceptors (Lipinski definition) is 4. The van der Waals surface area contributed by atoms with Gasteiger partial charge in [0.25, 0.3) is 0 Å². The lowest BCUT2D eigenvalue weighted by atomic mass is 10.1. The Morgan fingerprint density at radius 1 is 1.03 bits per heavy atom. The van der Waals surface area contributed by atoms with Crippen LogP contribution in [0.2, 0.25) is 5.02 Å². The molecule has 0 unspecified atom stereocenters. The fourth-order valence-corrected chi connectivity index (χ4v) is 4.85. The largest absolute Gasteiger partial charge is 0.352 e. The summed E-state index contributed by atoms with van der Waals surface area (Å²) in [6.45, 7) is 5.99. The average molecular weight is 540 g/mol. The van der Waals surface area contributed by atoms with E-state index in [0.29, 0.717) is 17.1 Å². The van der Waals surface area contributed by atoms with Crippen molar-refractivity contribution in [2.75, 3.05) is 17.1 Å². The third kappa shape index (κ3) is 8.78. The minimum Gasteiger partial charge on any atom is -0.352 e. The van der Waals surface area contributed by atoms with Crippen molar-refractivity contribution < 1.29 is 22.4 Å². The number of sulfonamides is 1. The van der Waals surface area contributed by atoms with E-state index in [-0.39, 0.29) is 43.8 Å². The van der Waals surface area contributed by atoms with Gasteiger partial charge in [-0.05, 0) is 68.1 Å². The molecular formula is C26H35ClFN3O4S. The number of anilines is 1. The Morgan fingerprint density at radius 3 is 2.17 bits per heavy atom. The zero-order valence-electron chi connectivity index (χ0n) is 21.2. The standard InChI is InChI=1S/C26H35ClFN3O4S/c1-5-19(3)29-26(33)24(6-2)30(18-20-9-11-21(27)12-10-20)25(32)8-7-17-31(36(4,34)35)23-15-13-22(28)14-16-23/h9-16,19,24H,5-8,17-18H2,1-4H3,(H,29,33)/t19-,24+/m0/s1. The Morgan fingerprint density at radius 2 is 1.64 bits per heavy atom. The van der Waals surface area contributed by atoms with Crippen LogP contribution >= 0.6 is 11.6 Å². The molecule has 0 bridgehead atoms. The number of rotatable bonds is 13. The predicted molar refractivity (Wildman–Crippen MR) is 142 cm³/mol. The molecule has 2 aromatic carbocycles. The number of hydrogen-bond donors (Lipinski definition) is 1. The predicted octanol–water partition coefficient (Wildman–Crippen LogP) is 4.75. The third-order valence-electron chi connectivity index (χ3n) is 5.92. The maximum absolute atomic E-state index is 13.4. The fourth-order valence-electron chi connectivity index (χ4n) is 3.76. The van der Waals surface area contributed by atoms with Gasteiger partial charge in [-0.15, -0.1) is 0 Å².